The van der Waals surface area contributed by atoms with Gasteiger partial charge in [0, 0.05) is 45.8 Å². The van der Waals surface area contributed by atoms with E-state index in [1.807, 2.05) is 11.8 Å². The Morgan fingerprint density at radius 2 is 1.74 bits per heavy atom. The minimum Gasteiger partial charge on any atom is -0.505 e. The topological polar surface area (TPSA) is 71.4 Å². The second-order valence-corrected chi connectivity index (χ2v) is 8.01. The number of phenolic OH excluding ortho intramolecular Hbond substituents is 1. The second-order valence-electron chi connectivity index (χ2n) is 8.01. The number of phenols is 1. The number of carbonyl (C=O) groups is 1. The summed E-state index contributed by atoms with van der Waals surface area (Å²) in [6.07, 6.45) is 4.69. The predicted octanol–water partition coefficient (Wildman–Crippen LogP) is 2.64. The van der Waals surface area contributed by atoms with Crippen molar-refractivity contribution in [1.29, 1.82) is 0 Å². The lowest BCUT2D eigenvalue weighted by molar-refractivity contribution is -0.132. The number of hydrogen-bond donors (Lipinski definition) is 2. The van der Waals surface area contributed by atoms with E-state index in [1.54, 1.807) is 6.07 Å². The van der Waals surface area contributed by atoms with Crippen molar-refractivity contribution >= 4 is 35.8 Å². The van der Waals surface area contributed by atoms with Gasteiger partial charge in [-0.05, 0) is 37.5 Å². The number of benzene rings is 1. The van der Waals surface area contributed by atoms with Gasteiger partial charge < -0.3 is 20.2 Å². The lowest BCUT2D eigenvalue weighted by atomic mass is 10.2. The van der Waals surface area contributed by atoms with E-state index in [0.29, 0.717) is 18.7 Å². The Hall–Kier alpha value is -1.62. The van der Waals surface area contributed by atoms with Gasteiger partial charge in [-0.1, -0.05) is 18.9 Å². The van der Waals surface area contributed by atoms with Gasteiger partial charge >= 0.3 is 0 Å². The Labute approximate surface area is 201 Å². The average Bonchev–Trinajstić information content (AvgIpc) is 3.04. The van der Waals surface area contributed by atoms with Gasteiger partial charge in [-0.15, -0.1) is 24.0 Å². The highest BCUT2D eigenvalue weighted by Gasteiger charge is 2.23. The molecular formula is C22H35FIN5O2. The number of likely N-dealkylation sites (tertiary alicyclic amines) is 1. The molecule has 1 aromatic carbocycles. The van der Waals surface area contributed by atoms with Crippen LogP contribution in [0, 0.1) is 5.82 Å². The first kappa shape index (κ1) is 25.6. The van der Waals surface area contributed by atoms with Crippen LogP contribution >= 0.6 is 24.0 Å². The SMILES string of the molecule is CCNC(=NCc1ccc(O)c(F)c1)N1CCN(CC(=O)N2CCCCCC2)CC1.I. The van der Waals surface area contributed by atoms with E-state index in [2.05, 4.69) is 20.1 Å². The third-order valence-electron chi connectivity index (χ3n) is 5.75. The Kier molecular flexibility index (Phi) is 10.8. The maximum atomic E-state index is 13.5. The Bertz CT molecular complexity index is 733. The maximum Gasteiger partial charge on any atom is 0.236 e. The van der Waals surface area contributed by atoms with Crippen LogP contribution in [0.5, 0.6) is 5.75 Å². The highest BCUT2D eigenvalue weighted by atomic mass is 127. The van der Waals surface area contributed by atoms with Crippen LogP contribution in [0.2, 0.25) is 0 Å². The van der Waals surface area contributed by atoms with Crippen LogP contribution in [-0.2, 0) is 11.3 Å². The number of piperazine rings is 1. The number of amides is 1. The first-order chi connectivity index (χ1) is 14.6. The molecule has 0 atom stereocenters. The van der Waals surface area contributed by atoms with E-state index >= 15 is 0 Å². The summed E-state index contributed by atoms with van der Waals surface area (Å²) in [7, 11) is 0. The van der Waals surface area contributed by atoms with Gasteiger partial charge in [-0.2, -0.15) is 0 Å². The standard InChI is InChI=1S/C22H34FN5O2.HI/c1-2-24-22(25-16-18-7-8-20(29)19(23)15-18)28-13-11-26(12-14-28)17-21(30)27-9-5-3-4-6-10-27;/h7-8,15,29H,2-6,9-14,16-17H2,1H3,(H,24,25);1H. The normalized spacial score (nSPS) is 18.3. The van der Waals surface area contributed by atoms with Crippen molar-refractivity contribution in [3.05, 3.63) is 29.6 Å². The molecule has 0 unspecified atom stereocenters. The molecule has 31 heavy (non-hydrogen) atoms. The molecule has 9 heteroatoms. The average molecular weight is 547 g/mol. The van der Waals surface area contributed by atoms with Crippen LogP contribution in [0.15, 0.2) is 23.2 Å². The molecule has 7 nitrogen and oxygen atoms in total. The van der Waals surface area contributed by atoms with E-state index in [9.17, 15) is 14.3 Å². The molecule has 2 aliphatic heterocycles. The van der Waals surface area contributed by atoms with Crippen LogP contribution in [0.1, 0.15) is 38.2 Å². The Morgan fingerprint density at radius 3 is 2.35 bits per heavy atom. The highest BCUT2D eigenvalue weighted by Crippen LogP contribution is 2.17. The predicted molar refractivity (Wildman–Crippen MR) is 131 cm³/mol. The number of hydrogen-bond acceptors (Lipinski definition) is 4. The van der Waals surface area contributed by atoms with E-state index in [0.717, 1.165) is 64.6 Å². The van der Waals surface area contributed by atoms with Crippen LogP contribution in [-0.4, -0.2) is 84.0 Å². The smallest absolute Gasteiger partial charge is 0.236 e. The molecule has 2 aliphatic rings. The second kappa shape index (κ2) is 13.0. The number of aliphatic imine (C=N–C) groups is 1. The summed E-state index contributed by atoms with van der Waals surface area (Å²) >= 11 is 0. The van der Waals surface area contributed by atoms with Gasteiger partial charge in [-0.25, -0.2) is 9.38 Å². The van der Waals surface area contributed by atoms with Gasteiger partial charge in [0.1, 0.15) is 0 Å². The fraction of sp³-hybridized carbons (Fsp3) is 0.636. The number of nitrogens with zero attached hydrogens (tertiary/aromatic N) is 4. The summed E-state index contributed by atoms with van der Waals surface area (Å²) in [5, 5.41) is 12.6. The van der Waals surface area contributed by atoms with Crippen molar-refractivity contribution in [2.24, 2.45) is 4.99 Å². The van der Waals surface area contributed by atoms with E-state index < -0.39 is 5.82 Å². The molecule has 0 saturated carbocycles. The van der Waals surface area contributed by atoms with Crippen molar-refractivity contribution in [2.75, 3.05) is 52.4 Å². The number of carbonyl (C=O) groups excluding carboxylic acids is 1. The van der Waals surface area contributed by atoms with Crippen molar-refractivity contribution in [1.82, 2.24) is 20.0 Å². The number of rotatable bonds is 5. The van der Waals surface area contributed by atoms with E-state index in [1.165, 1.54) is 25.0 Å². The van der Waals surface area contributed by atoms with Crippen molar-refractivity contribution < 1.29 is 14.3 Å². The Balaban J connectivity index is 0.00000341. The number of halogens is 2. The summed E-state index contributed by atoms with van der Waals surface area (Å²) in [6, 6.07) is 4.35. The molecule has 1 amide bonds. The van der Waals surface area contributed by atoms with Gasteiger partial charge in [0.05, 0.1) is 13.1 Å². The molecule has 0 aliphatic carbocycles. The monoisotopic (exact) mass is 547 g/mol. The first-order valence-corrected chi connectivity index (χ1v) is 11.1. The van der Waals surface area contributed by atoms with Crippen LogP contribution in [0.4, 0.5) is 4.39 Å². The van der Waals surface area contributed by atoms with Gasteiger partial charge in [-0.3, -0.25) is 9.69 Å². The molecule has 0 bridgehead atoms. The van der Waals surface area contributed by atoms with Crippen molar-refractivity contribution in [2.45, 2.75) is 39.2 Å². The highest BCUT2D eigenvalue weighted by molar-refractivity contribution is 14.0. The molecule has 2 N–H and O–H groups in total. The number of nitrogens with one attached hydrogen (secondary N) is 1. The summed E-state index contributed by atoms with van der Waals surface area (Å²) in [5.41, 5.74) is 0.711. The number of aromatic hydroxyl groups is 1. The fourth-order valence-electron chi connectivity index (χ4n) is 3.97. The van der Waals surface area contributed by atoms with E-state index in [-0.39, 0.29) is 35.6 Å². The minimum atomic E-state index is -0.629. The summed E-state index contributed by atoms with van der Waals surface area (Å²) in [4.78, 5) is 23.7. The molecule has 0 radical (unpaired) electrons. The van der Waals surface area contributed by atoms with Crippen molar-refractivity contribution in [3.63, 3.8) is 0 Å². The molecule has 2 saturated heterocycles. The largest absolute Gasteiger partial charge is 0.505 e. The van der Waals surface area contributed by atoms with Gasteiger partial charge in [0.2, 0.25) is 5.91 Å². The lowest BCUT2D eigenvalue weighted by Crippen LogP contribution is -2.54. The van der Waals surface area contributed by atoms with Crippen LogP contribution < -0.4 is 5.32 Å². The third-order valence-corrected chi connectivity index (χ3v) is 5.75. The van der Waals surface area contributed by atoms with Gasteiger partial charge in [0.25, 0.3) is 0 Å². The minimum absolute atomic E-state index is 0. The summed E-state index contributed by atoms with van der Waals surface area (Å²) in [6.45, 7) is 8.62. The first-order valence-electron chi connectivity index (χ1n) is 11.1. The quantitative estimate of drug-likeness (QED) is 0.337. The zero-order valence-corrected chi connectivity index (χ0v) is 20.7. The molecule has 3 rings (SSSR count). The lowest BCUT2D eigenvalue weighted by Gasteiger charge is -2.37. The zero-order valence-electron chi connectivity index (χ0n) is 18.4. The van der Waals surface area contributed by atoms with Crippen LogP contribution in [0.3, 0.4) is 0 Å². The zero-order chi connectivity index (χ0) is 21.3. The molecule has 0 spiro atoms. The Morgan fingerprint density at radius 1 is 1.06 bits per heavy atom. The molecule has 0 aromatic heterocycles. The summed E-state index contributed by atoms with van der Waals surface area (Å²) < 4.78 is 13.5. The maximum absolute atomic E-state index is 13.5. The molecule has 174 valence electrons. The van der Waals surface area contributed by atoms with Crippen molar-refractivity contribution in [3.8, 4) is 5.75 Å². The van der Waals surface area contributed by atoms with Crippen LogP contribution in [0.25, 0.3) is 0 Å². The molecule has 2 fully saturated rings. The number of guanidine groups is 1. The van der Waals surface area contributed by atoms with Gasteiger partial charge in [0.15, 0.2) is 17.5 Å². The fourth-order valence-corrected chi connectivity index (χ4v) is 3.97. The third kappa shape index (κ3) is 7.78. The summed E-state index contributed by atoms with van der Waals surface area (Å²) in [5.74, 6) is 0.0700. The molecule has 1 aromatic rings. The molecular weight excluding hydrogens is 512 g/mol. The molecule has 2 heterocycles. The van der Waals surface area contributed by atoms with E-state index in [4.69, 9.17) is 0 Å².